The van der Waals surface area contributed by atoms with Gasteiger partial charge in [-0.1, -0.05) is 0 Å². The molecule has 40 heavy (non-hydrogen) atoms. The lowest BCUT2D eigenvalue weighted by molar-refractivity contribution is -0.849. The van der Waals surface area contributed by atoms with Gasteiger partial charge in [-0.2, -0.15) is 92.2 Å². The Morgan fingerprint density at radius 2 is 0.550 bits per heavy atom. The smallest absolute Gasteiger partial charge is 0.460 e. The largest absolute Gasteiger partial charge is 0.743 e. The lowest BCUT2D eigenvalue weighted by Gasteiger charge is -2.44. The van der Waals surface area contributed by atoms with Crippen molar-refractivity contribution in [2.75, 3.05) is 28.2 Å². The van der Waals surface area contributed by atoms with Gasteiger partial charge in [0.05, 0.1) is 28.2 Å². The first kappa shape index (κ1) is 40.5. The molecular weight excluding hydrogens is 661 g/mol. The van der Waals surface area contributed by atoms with Crippen LogP contribution in [0.25, 0.3) is 0 Å². The predicted molar refractivity (Wildman–Crippen MR) is 84.2 cm³/mol. The Morgan fingerprint density at radius 1 is 0.400 bits per heavy atom. The van der Waals surface area contributed by atoms with Crippen molar-refractivity contribution in [3.63, 3.8) is 0 Å². The molecule has 0 unspecified atom stereocenters. The molecule has 0 aromatic heterocycles. The number of hydrogen-bond acceptors (Lipinski definition) is 3. The van der Waals surface area contributed by atoms with Gasteiger partial charge >= 0.3 is 58.8 Å². The zero-order valence-corrected chi connectivity index (χ0v) is 19.8. The third-order valence-electron chi connectivity index (χ3n) is 3.80. The molecule has 0 aromatic rings. The van der Waals surface area contributed by atoms with Gasteiger partial charge in [-0.15, -0.1) is 0 Å². The molecule has 0 atom stereocenters. The summed E-state index contributed by atoms with van der Waals surface area (Å²) in [5.74, 6) is -72.8. The second kappa shape index (κ2) is 10.00. The van der Waals surface area contributed by atoms with E-state index >= 15 is 0 Å². The molecular formula is C14H12F21NO3S. The summed E-state index contributed by atoms with van der Waals surface area (Å²) in [6, 6.07) is 0. The average Bonchev–Trinajstić information content (AvgIpc) is 2.63. The van der Waals surface area contributed by atoms with Gasteiger partial charge in [0.2, 0.25) is 0 Å². The predicted octanol–water partition coefficient (Wildman–Crippen LogP) is 6.09. The van der Waals surface area contributed by atoms with E-state index < -0.39 is 68.9 Å². The molecule has 244 valence electrons. The molecule has 0 aromatic carbocycles. The van der Waals surface area contributed by atoms with Crippen molar-refractivity contribution in [3.8, 4) is 0 Å². The summed E-state index contributed by atoms with van der Waals surface area (Å²) in [6.45, 7) is 0. The maximum Gasteiger partial charge on any atom is 0.460 e. The first-order valence-corrected chi connectivity index (χ1v) is 10.1. The van der Waals surface area contributed by atoms with Crippen molar-refractivity contribution in [1.29, 1.82) is 0 Å². The molecule has 0 fully saturated rings. The highest BCUT2D eigenvalue weighted by atomic mass is 32.2. The SMILES string of the molecule is C[N+](C)(C)C.O=S(=O)([O-])C(F)(F)C(F)(F)C(F)(F)C(F)(F)C(F)(F)C(F)(F)C(F)(F)C(F)(F)C(F)(F)C(F)(F)F. The summed E-state index contributed by atoms with van der Waals surface area (Å²) in [5.41, 5.74) is 0. The first-order valence-electron chi connectivity index (χ1n) is 8.71. The molecule has 0 aliphatic heterocycles. The second-order valence-electron chi connectivity index (χ2n) is 8.75. The summed E-state index contributed by atoms with van der Waals surface area (Å²) in [5, 5.41) is -8.17. The van der Waals surface area contributed by atoms with Crippen molar-refractivity contribution in [2.24, 2.45) is 0 Å². The maximum absolute atomic E-state index is 13.3. The van der Waals surface area contributed by atoms with E-state index in [2.05, 4.69) is 28.2 Å². The van der Waals surface area contributed by atoms with E-state index in [0.29, 0.717) is 0 Å². The zero-order chi connectivity index (χ0) is 34.0. The summed E-state index contributed by atoms with van der Waals surface area (Å²) >= 11 is 0. The van der Waals surface area contributed by atoms with Gasteiger partial charge in [0.15, 0.2) is 10.1 Å². The van der Waals surface area contributed by atoms with E-state index in [1.54, 1.807) is 0 Å². The topological polar surface area (TPSA) is 57.2 Å². The minimum Gasteiger partial charge on any atom is -0.743 e. The zero-order valence-electron chi connectivity index (χ0n) is 19.0. The minimum atomic E-state index is -9.40. The lowest BCUT2D eigenvalue weighted by Crippen LogP contribution is -2.77. The van der Waals surface area contributed by atoms with Crippen LogP contribution < -0.4 is 0 Å². The van der Waals surface area contributed by atoms with Gasteiger partial charge in [0, 0.05) is 0 Å². The van der Waals surface area contributed by atoms with Crippen LogP contribution in [0.2, 0.25) is 0 Å². The van der Waals surface area contributed by atoms with Crippen LogP contribution in [-0.4, -0.2) is 104 Å². The number of quaternary nitrogens is 1. The monoisotopic (exact) mass is 673 g/mol. The van der Waals surface area contributed by atoms with Gasteiger partial charge in [0.25, 0.3) is 0 Å². The second-order valence-corrected chi connectivity index (χ2v) is 10.2. The number of alkyl halides is 21. The van der Waals surface area contributed by atoms with Gasteiger partial charge < -0.3 is 9.04 Å². The number of nitrogens with zero attached hydrogens (tertiary/aromatic N) is 1. The normalized spacial score (nSPS) is 16.4. The highest BCUT2D eigenvalue weighted by Crippen LogP contribution is 2.66. The average molecular weight is 673 g/mol. The first-order chi connectivity index (χ1) is 16.5. The molecule has 0 radical (unpaired) electrons. The molecule has 0 bridgehead atoms. The number of hydrogen-bond donors (Lipinski definition) is 0. The molecule has 0 spiro atoms. The molecule has 0 aliphatic carbocycles. The maximum atomic E-state index is 13.3. The fraction of sp³-hybridized carbons (Fsp3) is 1.00. The molecule has 0 N–H and O–H groups in total. The molecule has 0 heterocycles. The Kier molecular flexibility index (Phi) is 10.1. The van der Waals surface area contributed by atoms with E-state index in [1.807, 2.05) is 0 Å². The Labute approximate surface area is 208 Å². The van der Waals surface area contributed by atoms with Crippen LogP contribution in [0.1, 0.15) is 0 Å². The van der Waals surface area contributed by atoms with Crippen LogP contribution >= 0.6 is 0 Å². The van der Waals surface area contributed by atoms with Crippen LogP contribution in [0.4, 0.5) is 92.2 Å². The van der Waals surface area contributed by atoms with Crippen LogP contribution in [0, 0.1) is 0 Å². The van der Waals surface area contributed by atoms with Gasteiger partial charge in [-0.25, -0.2) is 8.42 Å². The van der Waals surface area contributed by atoms with Gasteiger partial charge in [-0.05, 0) is 0 Å². The summed E-state index contributed by atoms with van der Waals surface area (Å²) in [4.78, 5) is 0. The van der Waals surface area contributed by atoms with Crippen LogP contribution in [0.15, 0.2) is 0 Å². The molecule has 0 amide bonds. The van der Waals surface area contributed by atoms with Crippen LogP contribution in [-0.2, 0) is 10.1 Å². The van der Waals surface area contributed by atoms with Crippen molar-refractivity contribution < 1.29 is 110 Å². The van der Waals surface area contributed by atoms with E-state index in [1.165, 1.54) is 0 Å². The van der Waals surface area contributed by atoms with Gasteiger partial charge in [-0.3, -0.25) is 0 Å². The summed E-state index contributed by atoms with van der Waals surface area (Å²) < 4.78 is 301. The Balaban J connectivity index is 0. The van der Waals surface area contributed by atoms with E-state index in [9.17, 15) is 105 Å². The van der Waals surface area contributed by atoms with Crippen molar-refractivity contribution in [2.45, 2.75) is 58.8 Å². The van der Waals surface area contributed by atoms with Crippen LogP contribution in [0.3, 0.4) is 0 Å². The lowest BCUT2D eigenvalue weighted by atomic mass is 9.87. The molecule has 0 rings (SSSR count). The third-order valence-corrected chi connectivity index (χ3v) is 4.68. The van der Waals surface area contributed by atoms with E-state index in [0.717, 1.165) is 4.48 Å². The Morgan fingerprint density at radius 3 is 0.700 bits per heavy atom. The van der Waals surface area contributed by atoms with Gasteiger partial charge in [0.1, 0.15) is 0 Å². The van der Waals surface area contributed by atoms with Crippen molar-refractivity contribution >= 4 is 10.1 Å². The van der Waals surface area contributed by atoms with E-state index in [-0.39, 0.29) is 0 Å². The fourth-order valence-corrected chi connectivity index (χ4v) is 2.14. The van der Waals surface area contributed by atoms with Crippen molar-refractivity contribution in [3.05, 3.63) is 0 Å². The number of halogens is 21. The molecule has 4 nitrogen and oxygen atoms in total. The van der Waals surface area contributed by atoms with E-state index in [4.69, 9.17) is 0 Å². The van der Waals surface area contributed by atoms with Crippen LogP contribution in [0.5, 0.6) is 0 Å². The highest BCUT2D eigenvalue weighted by molar-refractivity contribution is 7.86. The quantitative estimate of drug-likeness (QED) is 0.169. The molecule has 0 aliphatic rings. The fourth-order valence-electron chi connectivity index (χ4n) is 1.70. The molecule has 0 saturated heterocycles. The summed E-state index contributed by atoms with van der Waals surface area (Å²) in [6.07, 6.45) is -8.09. The highest BCUT2D eigenvalue weighted by Gasteiger charge is 2.98. The summed E-state index contributed by atoms with van der Waals surface area (Å²) in [7, 11) is 0.157. The number of rotatable bonds is 9. The molecule has 26 heteroatoms. The molecule has 0 saturated carbocycles. The Hall–Kier alpha value is -1.60. The Bertz CT molecular complexity index is 1000. The minimum absolute atomic E-state index is 1.00. The van der Waals surface area contributed by atoms with Crippen molar-refractivity contribution in [1.82, 2.24) is 0 Å². The third kappa shape index (κ3) is 5.84. The standard InChI is InChI=1S/C10HF21O3S.C4H12N/c11-1(12,3(15,16)5(19,20)7(23,24)9(27,28)29)2(13,14)4(17,18)6(21,22)8(25,26)10(30,31)35(32,33)34;1-5(2,3)4/h(H,32,33,34);1-4H3/q;+1/p-1.